The molecule has 3 N–H and O–H groups in total. The fourth-order valence-corrected chi connectivity index (χ4v) is 12.4. The van der Waals surface area contributed by atoms with Gasteiger partial charge in [0.1, 0.15) is 13.2 Å². The number of aliphatic hydroxyl groups is 1. The highest BCUT2D eigenvalue weighted by atomic mass is 31.2. The number of amides is 1. The van der Waals surface area contributed by atoms with Crippen LogP contribution in [-0.4, -0.2) is 73.4 Å². The Labute approximate surface area is 542 Å². The number of rotatable bonds is 71. The summed E-state index contributed by atoms with van der Waals surface area (Å²) in [6.07, 6.45) is 95.5. The summed E-state index contributed by atoms with van der Waals surface area (Å²) in [5, 5.41) is 14.0. The lowest BCUT2D eigenvalue weighted by atomic mass is 10.0. The van der Waals surface area contributed by atoms with E-state index in [2.05, 4.69) is 67.8 Å². The van der Waals surface area contributed by atoms with E-state index in [1.807, 2.05) is 27.2 Å². The van der Waals surface area contributed by atoms with Crippen molar-refractivity contribution in [2.75, 3.05) is 40.9 Å². The van der Waals surface area contributed by atoms with E-state index in [-0.39, 0.29) is 19.1 Å². The van der Waals surface area contributed by atoms with Crippen molar-refractivity contribution < 1.29 is 32.9 Å². The first-order valence-electron chi connectivity index (χ1n) is 38.2. The first kappa shape index (κ1) is 85.2. The van der Waals surface area contributed by atoms with Gasteiger partial charge in [0.25, 0.3) is 0 Å². The van der Waals surface area contributed by atoms with Gasteiger partial charge in [0.2, 0.25) is 5.91 Å². The third-order valence-corrected chi connectivity index (χ3v) is 18.5. The van der Waals surface area contributed by atoms with Crippen LogP contribution in [0.15, 0.2) is 60.8 Å². The Hall–Kier alpha value is -1.80. The minimum absolute atomic E-state index is 0.0635. The summed E-state index contributed by atoms with van der Waals surface area (Å²) in [6.45, 7) is 4.76. The molecule has 0 radical (unpaired) electrons. The number of carbonyl (C=O) groups is 1. The second-order valence-corrected chi connectivity index (χ2v) is 28.8. The number of quaternary nitrogens is 1. The van der Waals surface area contributed by atoms with E-state index in [9.17, 15) is 19.4 Å². The number of likely N-dealkylation sites (N-methyl/N-ethyl adjacent to an activating group) is 1. The van der Waals surface area contributed by atoms with Gasteiger partial charge in [0.15, 0.2) is 0 Å². The third kappa shape index (κ3) is 71.5. The number of nitrogens with zero attached hydrogens (tertiary/aromatic N) is 1. The van der Waals surface area contributed by atoms with Crippen LogP contribution in [-0.2, 0) is 18.4 Å². The fraction of sp³-hybridized carbons (Fsp3) is 0.859. The van der Waals surface area contributed by atoms with E-state index in [0.717, 1.165) is 57.8 Å². The number of hydrogen-bond acceptors (Lipinski definition) is 5. The molecule has 8 nitrogen and oxygen atoms in total. The van der Waals surface area contributed by atoms with E-state index in [4.69, 9.17) is 9.05 Å². The summed E-state index contributed by atoms with van der Waals surface area (Å²) in [4.78, 5) is 23.5. The topological polar surface area (TPSA) is 105 Å². The van der Waals surface area contributed by atoms with E-state index in [0.29, 0.717) is 17.4 Å². The monoisotopic (exact) mass is 1240 g/mol. The first-order chi connectivity index (χ1) is 42.5. The third-order valence-electron chi connectivity index (χ3n) is 17.5. The van der Waals surface area contributed by atoms with Gasteiger partial charge in [0.05, 0.1) is 39.9 Å². The van der Waals surface area contributed by atoms with E-state index in [1.165, 1.54) is 302 Å². The Balaban J connectivity index is 3.91. The summed E-state index contributed by atoms with van der Waals surface area (Å²) in [5.74, 6) is -0.169. The zero-order valence-electron chi connectivity index (χ0n) is 58.8. The molecule has 3 unspecified atom stereocenters. The highest BCUT2D eigenvalue weighted by Crippen LogP contribution is 2.43. The smallest absolute Gasteiger partial charge is 0.387 e. The number of carbonyl (C=O) groups excluding carboxylic acids is 1. The number of aliphatic hydroxyl groups excluding tert-OH is 1. The number of unbranched alkanes of at least 4 members (excludes halogenated alkanes) is 50. The van der Waals surface area contributed by atoms with Crippen LogP contribution in [0, 0.1) is 0 Å². The maximum Gasteiger partial charge on any atom is 0.472 e. The summed E-state index contributed by atoms with van der Waals surface area (Å²) in [7, 11) is 1.59. The second-order valence-electron chi connectivity index (χ2n) is 27.4. The molecular weight excluding hydrogens is 1090 g/mol. The molecule has 0 aromatic heterocycles. The SMILES string of the molecule is CC/C=C\C/C=C\C/C=C\C/C=C\CCCCCCCCCCCCCCCCCCCCCCCCCCCCCCC(=O)NC(COP(=O)(O)OCC[N+](C)(C)C)C(O)/C=C/CCCCCCCCCCCCCCCCCCCCCCCC. The van der Waals surface area contributed by atoms with Crippen molar-refractivity contribution >= 4 is 13.7 Å². The van der Waals surface area contributed by atoms with Crippen molar-refractivity contribution in [2.45, 2.75) is 392 Å². The Morgan fingerprint density at radius 3 is 1.01 bits per heavy atom. The molecule has 9 heteroatoms. The molecule has 0 bridgehead atoms. The van der Waals surface area contributed by atoms with Gasteiger partial charge in [-0.05, 0) is 57.8 Å². The Bertz CT molecular complexity index is 1600. The first-order valence-corrected chi connectivity index (χ1v) is 39.7. The van der Waals surface area contributed by atoms with E-state index >= 15 is 0 Å². The summed E-state index contributed by atoms with van der Waals surface area (Å²) < 4.78 is 23.9. The number of phosphoric ester groups is 1. The minimum Gasteiger partial charge on any atom is -0.387 e. The second kappa shape index (κ2) is 68.6. The quantitative estimate of drug-likeness (QED) is 0.0243. The van der Waals surface area contributed by atoms with Crippen LogP contribution in [0.25, 0.3) is 0 Å². The maximum atomic E-state index is 13.1. The summed E-state index contributed by atoms with van der Waals surface area (Å²) in [5.41, 5.74) is 0. The van der Waals surface area contributed by atoms with Crippen molar-refractivity contribution in [3.63, 3.8) is 0 Å². The molecule has 0 heterocycles. The number of phosphoric acid groups is 1. The van der Waals surface area contributed by atoms with Gasteiger partial charge in [-0.2, -0.15) is 0 Å². The highest BCUT2D eigenvalue weighted by molar-refractivity contribution is 7.47. The molecule has 512 valence electrons. The lowest BCUT2D eigenvalue weighted by molar-refractivity contribution is -0.870. The summed E-state index contributed by atoms with van der Waals surface area (Å²) >= 11 is 0. The van der Waals surface area contributed by atoms with E-state index in [1.54, 1.807) is 6.08 Å². The lowest BCUT2D eigenvalue weighted by Gasteiger charge is -2.25. The number of hydrogen-bond donors (Lipinski definition) is 3. The van der Waals surface area contributed by atoms with Crippen LogP contribution < -0.4 is 5.32 Å². The average molecular weight is 1240 g/mol. The number of allylic oxidation sites excluding steroid dienone is 9. The van der Waals surface area contributed by atoms with Crippen LogP contribution >= 0.6 is 7.82 Å². The predicted molar refractivity (Wildman–Crippen MR) is 383 cm³/mol. The van der Waals surface area contributed by atoms with Gasteiger partial charge in [-0.3, -0.25) is 13.8 Å². The zero-order valence-corrected chi connectivity index (χ0v) is 59.7. The summed E-state index contributed by atoms with van der Waals surface area (Å²) in [6, 6.07) is -0.847. The maximum absolute atomic E-state index is 13.1. The molecule has 0 fully saturated rings. The molecule has 87 heavy (non-hydrogen) atoms. The molecule has 0 aromatic carbocycles. The van der Waals surface area contributed by atoms with Gasteiger partial charge < -0.3 is 19.8 Å². The Morgan fingerprint density at radius 2 is 0.690 bits per heavy atom. The molecule has 0 rings (SSSR count). The van der Waals surface area contributed by atoms with Crippen LogP contribution in [0.4, 0.5) is 0 Å². The molecule has 0 aromatic rings. The van der Waals surface area contributed by atoms with Crippen LogP contribution in [0.3, 0.4) is 0 Å². The molecule has 0 saturated carbocycles. The normalized spacial score (nSPS) is 13.9. The van der Waals surface area contributed by atoms with Crippen LogP contribution in [0.1, 0.15) is 380 Å². The molecule has 0 aliphatic rings. The fourth-order valence-electron chi connectivity index (χ4n) is 11.6. The minimum atomic E-state index is -4.35. The average Bonchev–Trinajstić information content (AvgIpc) is 3.71. The van der Waals surface area contributed by atoms with Gasteiger partial charge in [-0.15, -0.1) is 0 Å². The molecule has 3 atom stereocenters. The standard InChI is InChI=1S/C78H149N2O6P/c1-6-8-10-12-14-16-18-20-22-24-26-28-30-32-33-34-35-36-37-38-39-40-41-42-43-44-45-46-47-48-50-52-54-56-58-60-62-64-66-68-70-72-78(82)79-76(75-86-87(83,84)85-74-73-80(3,4)5)77(81)71-69-67-65-63-61-59-57-55-53-51-49-31-29-27-25-23-21-19-17-15-13-11-9-7-2/h8,10,14,16,20,22,26,28,69,71,76-77,81H,6-7,9,11-13,15,17-19,21,23-25,27,29-68,70,72-75H2,1-5H3,(H-,79,82,83,84)/p+1/b10-8-,16-14-,22-20-,28-26-,71-69+. The van der Waals surface area contributed by atoms with Crippen molar-refractivity contribution in [2.24, 2.45) is 0 Å². The zero-order chi connectivity index (χ0) is 63.4. The molecule has 0 saturated heterocycles. The molecule has 0 aliphatic heterocycles. The largest absolute Gasteiger partial charge is 0.472 e. The molecule has 0 spiro atoms. The molecule has 0 aliphatic carbocycles. The van der Waals surface area contributed by atoms with Gasteiger partial charge in [-0.25, -0.2) is 4.57 Å². The lowest BCUT2D eigenvalue weighted by Crippen LogP contribution is -2.45. The molecular formula is C78H150N2O6P+. The Kier molecular flexibility index (Phi) is 67.1. The van der Waals surface area contributed by atoms with Gasteiger partial charge in [-0.1, -0.05) is 376 Å². The Morgan fingerprint density at radius 1 is 0.402 bits per heavy atom. The van der Waals surface area contributed by atoms with Crippen molar-refractivity contribution in [3.05, 3.63) is 60.8 Å². The van der Waals surface area contributed by atoms with Crippen LogP contribution in [0.5, 0.6) is 0 Å². The number of nitrogens with one attached hydrogen (secondary N) is 1. The van der Waals surface area contributed by atoms with Crippen molar-refractivity contribution in [1.82, 2.24) is 5.32 Å². The van der Waals surface area contributed by atoms with Crippen LogP contribution in [0.2, 0.25) is 0 Å². The highest BCUT2D eigenvalue weighted by Gasteiger charge is 2.28. The predicted octanol–water partition coefficient (Wildman–Crippen LogP) is 24.7. The van der Waals surface area contributed by atoms with E-state index < -0.39 is 20.0 Å². The van der Waals surface area contributed by atoms with Crippen molar-refractivity contribution in [3.8, 4) is 0 Å². The van der Waals surface area contributed by atoms with Gasteiger partial charge >= 0.3 is 7.82 Å². The van der Waals surface area contributed by atoms with Crippen molar-refractivity contribution in [1.29, 1.82) is 0 Å². The van der Waals surface area contributed by atoms with Gasteiger partial charge in [0, 0.05) is 6.42 Å². The molecule has 1 amide bonds.